The molecule has 4 rings (SSSR count). The van der Waals surface area contributed by atoms with Gasteiger partial charge < -0.3 is 4.98 Å². The van der Waals surface area contributed by atoms with Gasteiger partial charge in [0.25, 0.3) is 0 Å². The van der Waals surface area contributed by atoms with Gasteiger partial charge in [0, 0.05) is 22.5 Å². The van der Waals surface area contributed by atoms with E-state index in [1.807, 2.05) is 42.5 Å². The molecular formula is C20H14N2O2. The first-order valence-electron chi connectivity index (χ1n) is 7.64. The van der Waals surface area contributed by atoms with E-state index >= 15 is 0 Å². The fourth-order valence-electron chi connectivity index (χ4n) is 3.04. The molecule has 1 aromatic heterocycles. The molecule has 0 fully saturated rings. The lowest BCUT2D eigenvalue weighted by molar-refractivity contribution is -0.400. The quantitative estimate of drug-likeness (QED) is 0.415. The van der Waals surface area contributed by atoms with Gasteiger partial charge in [-0.15, -0.1) is 0 Å². The van der Waals surface area contributed by atoms with Crippen LogP contribution in [0.25, 0.3) is 39.0 Å². The predicted molar refractivity (Wildman–Crippen MR) is 97.3 cm³/mol. The molecule has 0 spiro atoms. The maximum absolute atomic E-state index is 10.8. The Bertz CT molecular complexity index is 1090. The number of nitrogens with zero attached hydrogens (tertiary/aromatic N) is 1. The highest BCUT2D eigenvalue weighted by molar-refractivity contribution is 5.98. The Kier molecular flexibility index (Phi) is 3.35. The van der Waals surface area contributed by atoms with Gasteiger partial charge in [0.2, 0.25) is 6.20 Å². The van der Waals surface area contributed by atoms with E-state index < -0.39 is 4.92 Å². The average molecular weight is 314 g/mol. The summed E-state index contributed by atoms with van der Waals surface area (Å²) in [6.45, 7) is 0. The van der Waals surface area contributed by atoms with E-state index in [1.54, 1.807) is 6.08 Å². The molecular weight excluding hydrogens is 300 g/mol. The molecule has 4 aromatic rings. The highest BCUT2D eigenvalue weighted by Gasteiger charge is 2.12. The summed E-state index contributed by atoms with van der Waals surface area (Å²) in [6, 6.07) is 22.2. The number of nitro groups is 1. The van der Waals surface area contributed by atoms with Gasteiger partial charge in [-0.05, 0) is 28.5 Å². The zero-order valence-corrected chi connectivity index (χ0v) is 12.8. The number of hydrogen-bond acceptors (Lipinski definition) is 2. The van der Waals surface area contributed by atoms with E-state index in [0.717, 1.165) is 39.3 Å². The first kappa shape index (κ1) is 14.2. The summed E-state index contributed by atoms with van der Waals surface area (Å²) < 4.78 is 0. The molecule has 4 nitrogen and oxygen atoms in total. The van der Waals surface area contributed by atoms with Crippen molar-refractivity contribution in [1.29, 1.82) is 0 Å². The minimum atomic E-state index is -0.439. The van der Waals surface area contributed by atoms with Crippen LogP contribution in [0.5, 0.6) is 0 Å². The normalized spacial score (nSPS) is 11.5. The monoisotopic (exact) mass is 314 g/mol. The van der Waals surface area contributed by atoms with Crippen molar-refractivity contribution in [3.63, 3.8) is 0 Å². The molecule has 0 bridgehead atoms. The molecule has 4 heteroatoms. The van der Waals surface area contributed by atoms with Crippen LogP contribution in [0.15, 0.2) is 72.9 Å². The Morgan fingerprint density at radius 3 is 2.50 bits per heavy atom. The first-order valence-corrected chi connectivity index (χ1v) is 7.64. The van der Waals surface area contributed by atoms with Crippen molar-refractivity contribution in [3.05, 3.63) is 88.6 Å². The standard InChI is InChI=1S/C20H14N2O2/c23-22(24)12-11-18-17-7-3-4-8-19(17)21-20(18)16-10-9-14-5-1-2-6-15(14)13-16/h1-13,21H/b12-11+. The fourth-order valence-corrected chi connectivity index (χ4v) is 3.04. The Balaban J connectivity index is 1.97. The molecule has 24 heavy (non-hydrogen) atoms. The summed E-state index contributed by atoms with van der Waals surface area (Å²) >= 11 is 0. The van der Waals surface area contributed by atoms with E-state index in [9.17, 15) is 10.1 Å². The van der Waals surface area contributed by atoms with Crippen LogP contribution in [-0.2, 0) is 0 Å². The van der Waals surface area contributed by atoms with Gasteiger partial charge in [-0.1, -0.05) is 54.6 Å². The van der Waals surface area contributed by atoms with E-state index in [2.05, 4.69) is 29.2 Å². The van der Waals surface area contributed by atoms with Crippen molar-refractivity contribution < 1.29 is 4.92 Å². The van der Waals surface area contributed by atoms with Gasteiger partial charge in [0.05, 0.1) is 10.6 Å². The third-order valence-electron chi connectivity index (χ3n) is 4.15. The summed E-state index contributed by atoms with van der Waals surface area (Å²) in [6.07, 6.45) is 2.55. The van der Waals surface area contributed by atoms with Gasteiger partial charge in [-0.25, -0.2) is 0 Å². The molecule has 0 atom stereocenters. The van der Waals surface area contributed by atoms with E-state index in [-0.39, 0.29) is 0 Å². The average Bonchev–Trinajstić information content (AvgIpc) is 2.98. The lowest BCUT2D eigenvalue weighted by atomic mass is 10.0. The van der Waals surface area contributed by atoms with Gasteiger partial charge in [-0.3, -0.25) is 10.1 Å². The Hall–Kier alpha value is -3.40. The Labute approximate surface area is 138 Å². The lowest BCUT2D eigenvalue weighted by Gasteiger charge is -2.04. The smallest absolute Gasteiger partial charge is 0.235 e. The van der Waals surface area contributed by atoms with Crippen LogP contribution in [-0.4, -0.2) is 9.91 Å². The van der Waals surface area contributed by atoms with Crippen molar-refractivity contribution in [3.8, 4) is 11.3 Å². The van der Waals surface area contributed by atoms with E-state index in [1.165, 1.54) is 5.39 Å². The number of nitrogens with one attached hydrogen (secondary N) is 1. The van der Waals surface area contributed by atoms with Gasteiger partial charge in [-0.2, -0.15) is 0 Å². The first-order chi connectivity index (χ1) is 11.7. The van der Waals surface area contributed by atoms with Crippen LogP contribution in [0.1, 0.15) is 5.56 Å². The van der Waals surface area contributed by atoms with Crippen LogP contribution in [0.3, 0.4) is 0 Å². The molecule has 0 unspecified atom stereocenters. The number of hydrogen-bond donors (Lipinski definition) is 1. The van der Waals surface area contributed by atoms with Crippen molar-refractivity contribution in [2.24, 2.45) is 0 Å². The molecule has 3 aromatic carbocycles. The number of benzene rings is 3. The van der Waals surface area contributed by atoms with Crippen LogP contribution < -0.4 is 0 Å². The topological polar surface area (TPSA) is 58.9 Å². The second-order valence-electron chi connectivity index (χ2n) is 5.62. The number of fused-ring (bicyclic) bond motifs is 2. The number of para-hydroxylation sites is 1. The zero-order chi connectivity index (χ0) is 16.5. The highest BCUT2D eigenvalue weighted by atomic mass is 16.6. The molecule has 1 N–H and O–H groups in total. The summed E-state index contributed by atoms with van der Waals surface area (Å²) in [7, 11) is 0. The highest BCUT2D eigenvalue weighted by Crippen LogP contribution is 2.33. The summed E-state index contributed by atoms with van der Waals surface area (Å²) in [5.41, 5.74) is 3.69. The van der Waals surface area contributed by atoms with Gasteiger partial charge in [0.15, 0.2) is 0 Å². The number of aromatic nitrogens is 1. The largest absolute Gasteiger partial charge is 0.354 e. The zero-order valence-electron chi connectivity index (χ0n) is 12.8. The van der Waals surface area contributed by atoms with Crippen LogP contribution in [0.4, 0.5) is 0 Å². The Morgan fingerprint density at radius 2 is 1.67 bits per heavy atom. The van der Waals surface area contributed by atoms with Crippen LogP contribution in [0, 0.1) is 10.1 Å². The lowest BCUT2D eigenvalue weighted by Crippen LogP contribution is -1.85. The van der Waals surface area contributed by atoms with Gasteiger partial charge >= 0.3 is 0 Å². The van der Waals surface area contributed by atoms with Crippen molar-refractivity contribution in [2.75, 3.05) is 0 Å². The summed E-state index contributed by atoms with van der Waals surface area (Å²) in [4.78, 5) is 13.7. The van der Waals surface area contributed by atoms with Crippen molar-refractivity contribution in [1.82, 2.24) is 4.98 Å². The minimum absolute atomic E-state index is 0.439. The van der Waals surface area contributed by atoms with E-state index in [0.29, 0.717) is 0 Å². The SMILES string of the molecule is O=[N+]([O-])/C=C/c1c(-c2ccc3ccccc3c2)[nH]c2ccccc12. The third kappa shape index (κ3) is 2.44. The number of aromatic amines is 1. The van der Waals surface area contributed by atoms with Crippen LogP contribution >= 0.6 is 0 Å². The Morgan fingerprint density at radius 1 is 0.917 bits per heavy atom. The maximum atomic E-state index is 10.8. The van der Waals surface area contributed by atoms with Gasteiger partial charge in [0.1, 0.15) is 0 Å². The molecule has 1 heterocycles. The summed E-state index contributed by atoms with van der Waals surface area (Å²) in [5.74, 6) is 0. The van der Waals surface area contributed by atoms with Crippen molar-refractivity contribution in [2.45, 2.75) is 0 Å². The molecule has 0 amide bonds. The molecule has 0 aliphatic carbocycles. The summed E-state index contributed by atoms with van der Waals surface area (Å²) in [5, 5.41) is 14.0. The maximum Gasteiger partial charge on any atom is 0.235 e. The van der Waals surface area contributed by atoms with E-state index in [4.69, 9.17) is 0 Å². The molecule has 0 saturated heterocycles. The fraction of sp³-hybridized carbons (Fsp3) is 0. The van der Waals surface area contributed by atoms with Crippen molar-refractivity contribution >= 4 is 27.8 Å². The molecule has 0 saturated carbocycles. The molecule has 0 aliphatic rings. The number of rotatable bonds is 3. The third-order valence-corrected chi connectivity index (χ3v) is 4.15. The predicted octanol–water partition coefficient (Wildman–Crippen LogP) is 5.24. The number of H-pyrrole nitrogens is 1. The molecule has 116 valence electrons. The van der Waals surface area contributed by atoms with Crippen LogP contribution in [0.2, 0.25) is 0 Å². The molecule has 0 aliphatic heterocycles. The second-order valence-corrected chi connectivity index (χ2v) is 5.62. The minimum Gasteiger partial charge on any atom is -0.354 e. The molecule has 0 radical (unpaired) electrons. The second kappa shape index (κ2) is 5.66.